The maximum Gasteiger partial charge on any atom is 0.229 e. The van der Waals surface area contributed by atoms with Crippen LogP contribution < -0.4 is 5.32 Å². The van der Waals surface area contributed by atoms with E-state index in [1.807, 2.05) is 0 Å². The van der Waals surface area contributed by atoms with E-state index < -0.39 is 11.7 Å². The summed E-state index contributed by atoms with van der Waals surface area (Å²) < 4.78 is 32.1. The van der Waals surface area contributed by atoms with Gasteiger partial charge < -0.3 is 15.0 Å². The predicted octanol–water partition coefficient (Wildman–Crippen LogP) is 3.40. The van der Waals surface area contributed by atoms with E-state index in [1.54, 1.807) is 29.2 Å². The highest BCUT2D eigenvalue weighted by atomic mass is 19.1. The Morgan fingerprint density at radius 3 is 2.50 bits per heavy atom. The summed E-state index contributed by atoms with van der Waals surface area (Å²) in [7, 11) is 0. The van der Waals surface area contributed by atoms with E-state index >= 15 is 0 Å². The molecular weight excluding hydrogens is 390 g/mol. The van der Waals surface area contributed by atoms with E-state index in [2.05, 4.69) is 5.32 Å². The summed E-state index contributed by atoms with van der Waals surface area (Å²) >= 11 is 0. The lowest BCUT2D eigenvalue weighted by Crippen LogP contribution is -2.42. The second-order valence-corrected chi connectivity index (χ2v) is 8.10. The molecule has 2 aromatic carbocycles. The maximum atomic E-state index is 13.5. The number of nitrogens with one attached hydrogen (secondary N) is 1. The minimum absolute atomic E-state index is 0.0893. The summed E-state index contributed by atoms with van der Waals surface area (Å²) in [4.78, 5) is 27.8. The van der Waals surface area contributed by atoms with Crippen LogP contribution in [0, 0.1) is 23.0 Å². The first-order valence-electron chi connectivity index (χ1n) is 10.1. The Balaban J connectivity index is 1.50. The second-order valence-electron chi connectivity index (χ2n) is 8.10. The Morgan fingerprint density at radius 1 is 1.07 bits per heavy atom. The summed E-state index contributed by atoms with van der Waals surface area (Å²) in [6, 6.07) is 11.7. The van der Waals surface area contributed by atoms with Gasteiger partial charge in [0.2, 0.25) is 11.8 Å². The van der Waals surface area contributed by atoms with Gasteiger partial charge in [0.15, 0.2) is 0 Å². The molecule has 158 valence electrons. The Bertz CT molecular complexity index is 926. The van der Waals surface area contributed by atoms with E-state index in [-0.39, 0.29) is 29.5 Å². The van der Waals surface area contributed by atoms with Gasteiger partial charge in [-0.3, -0.25) is 9.59 Å². The molecule has 0 radical (unpaired) electrons. The Labute approximate surface area is 174 Å². The van der Waals surface area contributed by atoms with Crippen molar-refractivity contribution in [2.75, 3.05) is 31.6 Å². The first-order valence-corrected chi connectivity index (χ1v) is 10.1. The molecule has 4 rings (SSSR count). The van der Waals surface area contributed by atoms with Crippen LogP contribution in [-0.4, -0.2) is 43.0 Å². The molecule has 0 bridgehead atoms. The molecule has 1 spiro atoms. The number of rotatable bonds is 4. The highest BCUT2D eigenvalue weighted by Crippen LogP contribution is 2.45. The van der Waals surface area contributed by atoms with Crippen LogP contribution >= 0.6 is 0 Å². The lowest BCUT2D eigenvalue weighted by atomic mass is 9.71. The molecule has 2 heterocycles. The number of amides is 2. The quantitative estimate of drug-likeness (QED) is 0.834. The molecule has 0 saturated carbocycles. The van der Waals surface area contributed by atoms with Gasteiger partial charge in [-0.05, 0) is 48.7 Å². The van der Waals surface area contributed by atoms with Gasteiger partial charge in [-0.1, -0.05) is 18.2 Å². The average Bonchev–Trinajstić information content (AvgIpc) is 3.09. The van der Waals surface area contributed by atoms with E-state index in [0.29, 0.717) is 44.8 Å². The summed E-state index contributed by atoms with van der Waals surface area (Å²) in [5.41, 5.74) is 0.780. The van der Waals surface area contributed by atoms with E-state index in [9.17, 15) is 18.4 Å². The SMILES string of the molecule is O=C(Nc1cccc(F)c1)[C@@H]1CN(C(=O)Cc2ccc(F)cc2)CC12CCOCC2. The molecule has 0 aromatic heterocycles. The molecule has 30 heavy (non-hydrogen) atoms. The van der Waals surface area contributed by atoms with E-state index in [0.717, 1.165) is 5.56 Å². The third kappa shape index (κ3) is 4.36. The van der Waals surface area contributed by atoms with Crippen molar-refractivity contribution in [1.29, 1.82) is 0 Å². The van der Waals surface area contributed by atoms with Crippen LogP contribution in [0.5, 0.6) is 0 Å². The minimum atomic E-state index is -0.420. The maximum absolute atomic E-state index is 13.5. The lowest BCUT2D eigenvalue weighted by Gasteiger charge is -2.37. The van der Waals surface area contributed by atoms with Crippen LogP contribution in [0.4, 0.5) is 14.5 Å². The van der Waals surface area contributed by atoms with Gasteiger partial charge in [0.25, 0.3) is 0 Å². The van der Waals surface area contributed by atoms with Crippen LogP contribution in [0.3, 0.4) is 0 Å². The van der Waals surface area contributed by atoms with Crippen molar-refractivity contribution in [3.63, 3.8) is 0 Å². The number of halogens is 2. The molecule has 1 N–H and O–H groups in total. The summed E-state index contributed by atoms with van der Waals surface area (Å²) in [6.07, 6.45) is 1.54. The summed E-state index contributed by atoms with van der Waals surface area (Å²) in [5, 5.41) is 2.81. The third-order valence-electron chi connectivity index (χ3n) is 6.17. The molecule has 2 aromatic rings. The monoisotopic (exact) mass is 414 g/mol. The molecule has 7 heteroatoms. The van der Waals surface area contributed by atoms with Crippen LogP contribution in [0.15, 0.2) is 48.5 Å². The number of hydrogen-bond donors (Lipinski definition) is 1. The van der Waals surface area contributed by atoms with Crippen molar-refractivity contribution in [3.05, 3.63) is 65.7 Å². The van der Waals surface area contributed by atoms with Crippen molar-refractivity contribution < 1.29 is 23.1 Å². The molecule has 2 amide bonds. The van der Waals surface area contributed by atoms with Crippen molar-refractivity contribution in [2.45, 2.75) is 19.3 Å². The summed E-state index contributed by atoms with van der Waals surface area (Å²) in [5.74, 6) is -1.46. The Hall–Kier alpha value is -2.80. The number of carbonyl (C=O) groups excluding carboxylic acids is 2. The van der Waals surface area contributed by atoms with Crippen LogP contribution in [0.2, 0.25) is 0 Å². The molecule has 0 unspecified atom stereocenters. The first-order chi connectivity index (χ1) is 14.4. The zero-order valence-electron chi connectivity index (χ0n) is 16.6. The molecule has 2 fully saturated rings. The number of hydrogen-bond acceptors (Lipinski definition) is 3. The highest BCUT2D eigenvalue weighted by molar-refractivity contribution is 5.94. The minimum Gasteiger partial charge on any atom is -0.381 e. The van der Waals surface area contributed by atoms with E-state index in [1.165, 1.54) is 24.3 Å². The highest BCUT2D eigenvalue weighted by Gasteiger charge is 2.51. The zero-order valence-corrected chi connectivity index (χ0v) is 16.6. The van der Waals surface area contributed by atoms with Gasteiger partial charge in [-0.25, -0.2) is 8.78 Å². The predicted molar refractivity (Wildman–Crippen MR) is 108 cm³/mol. The van der Waals surface area contributed by atoms with Gasteiger partial charge in [-0.15, -0.1) is 0 Å². The summed E-state index contributed by atoms with van der Waals surface area (Å²) in [6.45, 7) is 1.88. The largest absolute Gasteiger partial charge is 0.381 e. The molecule has 2 aliphatic rings. The van der Waals surface area contributed by atoms with Crippen molar-refractivity contribution in [2.24, 2.45) is 11.3 Å². The second kappa shape index (κ2) is 8.52. The molecule has 1 atom stereocenters. The smallest absolute Gasteiger partial charge is 0.229 e. The number of ether oxygens (including phenoxy) is 1. The molecular formula is C23H24F2N2O3. The van der Waals surface area contributed by atoms with E-state index in [4.69, 9.17) is 4.74 Å². The van der Waals surface area contributed by atoms with Gasteiger partial charge in [0.05, 0.1) is 12.3 Å². The number of likely N-dealkylation sites (tertiary alicyclic amines) is 1. The van der Waals surface area contributed by atoms with Crippen LogP contribution in [0.1, 0.15) is 18.4 Å². The average molecular weight is 414 g/mol. The molecule has 0 aliphatic carbocycles. The lowest BCUT2D eigenvalue weighted by molar-refractivity contribution is -0.130. The van der Waals surface area contributed by atoms with Crippen LogP contribution in [0.25, 0.3) is 0 Å². The van der Waals surface area contributed by atoms with Gasteiger partial charge >= 0.3 is 0 Å². The molecule has 2 aliphatic heterocycles. The van der Waals surface area contributed by atoms with Gasteiger partial charge in [-0.2, -0.15) is 0 Å². The fraction of sp³-hybridized carbons (Fsp3) is 0.391. The third-order valence-corrected chi connectivity index (χ3v) is 6.17. The van der Waals surface area contributed by atoms with Crippen molar-refractivity contribution in [1.82, 2.24) is 4.90 Å². The Morgan fingerprint density at radius 2 is 1.80 bits per heavy atom. The number of anilines is 1. The van der Waals surface area contributed by atoms with Crippen molar-refractivity contribution in [3.8, 4) is 0 Å². The standard InChI is InChI=1S/C23H24F2N2O3/c24-17-6-4-16(5-7-17)12-21(28)27-14-20(23(15-27)8-10-30-11-9-23)22(29)26-19-3-1-2-18(25)13-19/h1-7,13,20H,8-12,14-15H2,(H,26,29)/t20-/m0/s1. The number of nitrogens with zero attached hydrogens (tertiary/aromatic N) is 1. The molecule has 5 nitrogen and oxygen atoms in total. The van der Waals surface area contributed by atoms with Gasteiger partial charge in [0, 0.05) is 37.4 Å². The fourth-order valence-corrected chi connectivity index (χ4v) is 4.49. The normalized spacial score (nSPS) is 20.3. The van der Waals surface area contributed by atoms with Gasteiger partial charge in [0.1, 0.15) is 11.6 Å². The van der Waals surface area contributed by atoms with Crippen molar-refractivity contribution >= 4 is 17.5 Å². The number of carbonyl (C=O) groups is 2. The molecule has 2 saturated heterocycles. The Kier molecular flexibility index (Phi) is 5.81. The van der Waals surface area contributed by atoms with Crippen LogP contribution in [-0.2, 0) is 20.7 Å². The topological polar surface area (TPSA) is 58.6 Å². The number of benzene rings is 2. The zero-order chi connectivity index (χ0) is 21.1. The fourth-order valence-electron chi connectivity index (χ4n) is 4.49. The first kappa shape index (κ1) is 20.5.